The topological polar surface area (TPSA) is 66.8 Å². The molecule has 1 heterocycles. The Kier molecular flexibility index (Phi) is 4.50. The van der Waals surface area contributed by atoms with Crippen molar-refractivity contribution in [2.75, 3.05) is 13.1 Å². The molecule has 1 atom stereocenters. The second kappa shape index (κ2) is 6.16. The highest BCUT2D eigenvalue weighted by molar-refractivity contribution is 5.83. The largest absolute Gasteiger partial charge is 0.481 e. The van der Waals surface area contributed by atoms with Crippen LogP contribution in [0.3, 0.4) is 0 Å². The molecule has 5 nitrogen and oxygen atoms in total. The summed E-state index contributed by atoms with van der Waals surface area (Å²) in [4.78, 5) is 24.6. The number of carbonyl (C=O) groups excluding carboxylic acids is 1. The van der Waals surface area contributed by atoms with Gasteiger partial charge in [0.15, 0.2) is 6.10 Å². The number of likely N-dealkylation sites (N-methyl/N-ethyl adjacent to an activating group) is 1. The number of carbonyl (C=O) groups is 2. The van der Waals surface area contributed by atoms with Gasteiger partial charge in [0.1, 0.15) is 5.75 Å². The summed E-state index contributed by atoms with van der Waals surface area (Å²) >= 11 is 0. The minimum Gasteiger partial charge on any atom is -0.481 e. The Balaban J connectivity index is 2.06. The van der Waals surface area contributed by atoms with Crippen LogP contribution in [0.25, 0.3) is 0 Å². The molecule has 1 aliphatic heterocycles. The molecule has 0 spiro atoms. The van der Waals surface area contributed by atoms with Gasteiger partial charge < -0.3 is 14.7 Å². The molecular formula is C16H21NO4. The van der Waals surface area contributed by atoms with Crippen molar-refractivity contribution in [3.05, 3.63) is 28.8 Å². The lowest BCUT2D eigenvalue weighted by Crippen LogP contribution is -2.42. The Morgan fingerprint density at radius 2 is 2.00 bits per heavy atom. The highest BCUT2D eigenvalue weighted by Crippen LogP contribution is 2.32. The number of aryl methyl sites for hydroxylation is 2. The van der Waals surface area contributed by atoms with Gasteiger partial charge in [-0.25, -0.2) is 0 Å². The third-order valence-corrected chi connectivity index (χ3v) is 3.92. The highest BCUT2D eigenvalue weighted by Gasteiger charge is 2.32. The third-order valence-electron chi connectivity index (χ3n) is 3.92. The molecule has 21 heavy (non-hydrogen) atoms. The Hall–Kier alpha value is -2.04. The number of carboxylic acid groups (broad SMARTS) is 1. The second-order valence-electron chi connectivity index (χ2n) is 5.42. The predicted octanol–water partition coefficient (Wildman–Crippen LogP) is 1.93. The van der Waals surface area contributed by atoms with E-state index in [1.807, 2.05) is 26.8 Å². The molecule has 0 aromatic heterocycles. The number of aliphatic carboxylic acids is 1. The quantitative estimate of drug-likeness (QED) is 0.900. The monoisotopic (exact) mass is 291 g/mol. The first-order valence-corrected chi connectivity index (χ1v) is 7.19. The lowest BCUT2D eigenvalue weighted by Gasteiger charge is -2.23. The van der Waals surface area contributed by atoms with Gasteiger partial charge >= 0.3 is 5.97 Å². The Bertz CT molecular complexity index is 537. The van der Waals surface area contributed by atoms with Gasteiger partial charge in [-0.15, -0.1) is 0 Å². The minimum atomic E-state index is -0.900. The zero-order chi connectivity index (χ0) is 15.6. The fourth-order valence-corrected chi connectivity index (χ4v) is 2.51. The molecule has 1 N–H and O–H groups in total. The van der Waals surface area contributed by atoms with Gasteiger partial charge in [0.2, 0.25) is 0 Å². The smallest absolute Gasteiger partial charge is 0.305 e. The van der Waals surface area contributed by atoms with Crippen LogP contribution in [0.2, 0.25) is 0 Å². The Labute approximate surface area is 124 Å². The van der Waals surface area contributed by atoms with Crippen molar-refractivity contribution in [2.24, 2.45) is 0 Å². The number of hydrogen-bond donors (Lipinski definition) is 1. The van der Waals surface area contributed by atoms with E-state index in [1.54, 1.807) is 4.90 Å². The van der Waals surface area contributed by atoms with E-state index >= 15 is 0 Å². The van der Waals surface area contributed by atoms with Gasteiger partial charge in [-0.05, 0) is 43.5 Å². The summed E-state index contributed by atoms with van der Waals surface area (Å²) in [5, 5.41) is 8.74. The Morgan fingerprint density at radius 1 is 1.33 bits per heavy atom. The lowest BCUT2D eigenvalue weighted by molar-refractivity contribution is -0.140. The van der Waals surface area contributed by atoms with Crippen LogP contribution < -0.4 is 4.74 Å². The molecule has 114 valence electrons. The maximum atomic E-state index is 12.4. The maximum Gasteiger partial charge on any atom is 0.305 e. The van der Waals surface area contributed by atoms with E-state index in [-0.39, 0.29) is 18.9 Å². The zero-order valence-corrected chi connectivity index (χ0v) is 12.7. The number of amides is 1. The molecule has 0 fully saturated rings. The number of fused-ring (bicyclic) bond motifs is 1. The summed E-state index contributed by atoms with van der Waals surface area (Å²) in [6, 6.07) is 4.02. The van der Waals surface area contributed by atoms with Crippen molar-refractivity contribution in [2.45, 2.75) is 39.7 Å². The molecule has 2 rings (SSSR count). The molecule has 1 aromatic carbocycles. The number of ether oxygens (including phenoxy) is 1. The first kappa shape index (κ1) is 15.4. The van der Waals surface area contributed by atoms with Crippen LogP contribution in [-0.4, -0.2) is 41.1 Å². The average molecular weight is 291 g/mol. The minimum absolute atomic E-state index is 0.0442. The summed E-state index contributed by atoms with van der Waals surface area (Å²) < 4.78 is 5.76. The SMILES string of the molecule is CCN(CCC(=O)O)C(=O)C1Cc2cc(C)c(C)cc2O1. The van der Waals surface area contributed by atoms with E-state index in [0.29, 0.717) is 13.0 Å². The van der Waals surface area contributed by atoms with E-state index < -0.39 is 12.1 Å². The van der Waals surface area contributed by atoms with Gasteiger partial charge in [0, 0.05) is 19.5 Å². The summed E-state index contributed by atoms with van der Waals surface area (Å²) in [6.07, 6.45) is -0.0222. The van der Waals surface area contributed by atoms with Gasteiger partial charge in [-0.3, -0.25) is 9.59 Å². The lowest BCUT2D eigenvalue weighted by atomic mass is 10.0. The van der Waals surface area contributed by atoms with Crippen molar-refractivity contribution in [1.82, 2.24) is 4.90 Å². The number of rotatable bonds is 5. The number of carboxylic acids is 1. The van der Waals surface area contributed by atoms with Gasteiger partial charge in [-0.2, -0.15) is 0 Å². The predicted molar refractivity (Wildman–Crippen MR) is 78.5 cm³/mol. The molecule has 0 bridgehead atoms. The number of benzene rings is 1. The van der Waals surface area contributed by atoms with Gasteiger partial charge in [0.05, 0.1) is 6.42 Å². The van der Waals surface area contributed by atoms with E-state index in [4.69, 9.17) is 9.84 Å². The zero-order valence-electron chi connectivity index (χ0n) is 12.7. The van der Waals surface area contributed by atoms with Crippen LogP contribution in [0, 0.1) is 13.8 Å². The molecule has 1 aromatic rings. The van der Waals surface area contributed by atoms with Crippen molar-refractivity contribution >= 4 is 11.9 Å². The van der Waals surface area contributed by atoms with Crippen molar-refractivity contribution in [1.29, 1.82) is 0 Å². The maximum absolute atomic E-state index is 12.4. The van der Waals surface area contributed by atoms with Gasteiger partial charge in [0.25, 0.3) is 5.91 Å². The van der Waals surface area contributed by atoms with Crippen LogP contribution >= 0.6 is 0 Å². The summed E-state index contributed by atoms with van der Waals surface area (Å²) in [5.41, 5.74) is 3.37. The van der Waals surface area contributed by atoms with Crippen LogP contribution in [0.5, 0.6) is 5.75 Å². The molecule has 0 aliphatic carbocycles. The van der Waals surface area contributed by atoms with Crippen molar-refractivity contribution in [3.8, 4) is 5.75 Å². The number of nitrogens with zero attached hydrogens (tertiary/aromatic N) is 1. The normalized spacial score (nSPS) is 16.2. The van der Waals surface area contributed by atoms with Crippen molar-refractivity contribution in [3.63, 3.8) is 0 Å². The van der Waals surface area contributed by atoms with Gasteiger partial charge in [-0.1, -0.05) is 6.07 Å². The molecular weight excluding hydrogens is 270 g/mol. The van der Waals surface area contributed by atoms with E-state index in [9.17, 15) is 9.59 Å². The molecule has 0 saturated carbocycles. The summed E-state index contributed by atoms with van der Waals surface area (Å²) in [6.45, 7) is 6.60. The second-order valence-corrected chi connectivity index (χ2v) is 5.42. The molecule has 0 saturated heterocycles. The van der Waals surface area contributed by atoms with Crippen LogP contribution in [0.1, 0.15) is 30.0 Å². The first-order chi connectivity index (χ1) is 9.92. The first-order valence-electron chi connectivity index (χ1n) is 7.19. The van der Waals surface area contributed by atoms with E-state index in [0.717, 1.165) is 16.9 Å². The van der Waals surface area contributed by atoms with E-state index in [1.165, 1.54) is 5.56 Å². The Morgan fingerprint density at radius 3 is 2.62 bits per heavy atom. The van der Waals surface area contributed by atoms with E-state index in [2.05, 4.69) is 6.07 Å². The van der Waals surface area contributed by atoms with Crippen LogP contribution in [0.15, 0.2) is 12.1 Å². The molecule has 5 heteroatoms. The number of hydrogen-bond acceptors (Lipinski definition) is 3. The summed E-state index contributed by atoms with van der Waals surface area (Å²) in [7, 11) is 0. The van der Waals surface area contributed by atoms with Crippen LogP contribution in [0.4, 0.5) is 0 Å². The molecule has 0 radical (unpaired) electrons. The molecule has 1 aliphatic rings. The van der Waals surface area contributed by atoms with Crippen molar-refractivity contribution < 1.29 is 19.4 Å². The fourth-order valence-electron chi connectivity index (χ4n) is 2.51. The highest BCUT2D eigenvalue weighted by atomic mass is 16.5. The standard InChI is InChI=1S/C16H21NO4/c1-4-17(6-5-15(18)19)16(20)14-9-12-7-10(2)11(3)8-13(12)21-14/h7-8,14H,4-6,9H2,1-3H3,(H,18,19). The average Bonchev–Trinajstić information content (AvgIpc) is 2.82. The van der Waals surface area contributed by atoms with Crippen LogP contribution in [-0.2, 0) is 16.0 Å². The fraction of sp³-hybridized carbons (Fsp3) is 0.500. The molecule has 1 amide bonds. The third kappa shape index (κ3) is 3.35. The summed E-state index contributed by atoms with van der Waals surface area (Å²) in [5.74, 6) is -0.265. The molecule has 1 unspecified atom stereocenters.